The third kappa shape index (κ3) is 4.48. The molecule has 0 amide bonds. The molecule has 8 nitrogen and oxygen atoms in total. The van der Waals surface area contributed by atoms with E-state index in [0.717, 1.165) is 17.2 Å². The van der Waals surface area contributed by atoms with Gasteiger partial charge in [-0.3, -0.25) is 9.59 Å². The largest absolute Gasteiger partial charge is 0.504 e. The van der Waals surface area contributed by atoms with Crippen molar-refractivity contribution >= 4 is 17.3 Å². The third-order valence-electron chi connectivity index (χ3n) is 4.77. The number of aryl methyl sites for hydroxylation is 1. The monoisotopic (exact) mass is 413 g/mol. The Hall–Kier alpha value is -4.33. The molecule has 2 heterocycles. The zero-order valence-electron chi connectivity index (χ0n) is 16.7. The molecule has 0 atom stereocenters. The first kappa shape index (κ1) is 20.0. The lowest BCUT2D eigenvalue weighted by Crippen LogP contribution is -2.10. The number of carbonyl (C=O) groups is 2. The predicted octanol–water partition coefficient (Wildman–Crippen LogP) is 3.37. The molecule has 2 aromatic carbocycles. The molecule has 31 heavy (non-hydrogen) atoms. The minimum Gasteiger partial charge on any atom is -0.504 e. The van der Waals surface area contributed by atoms with Crippen molar-refractivity contribution in [1.82, 2.24) is 25.2 Å². The molecule has 4 rings (SSSR count). The summed E-state index contributed by atoms with van der Waals surface area (Å²) in [6.07, 6.45) is 2.62. The Morgan fingerprint density at radius 1 is 1.06 bits per heavy atom. The first-order valence-corrected chi connectivity index (χ1v) is 9.55. The first-order valence-electron chi connectivity index (χ1n) is 9.55. The van der Waals surface area contributed by atoms with Gasteiger partial charge in [-0.05, 0) is 23.8 Å². The van der Waals surface area contributed by atoms with Gasteiger partial charge in [0, 0.05) is 29.9 Å². The van der Waals surface area contributed by atoms with Crippen LogP contribution in [0, 0.1) is 6.92 Å². The van der Waals surface area contributed by atoms with Crippen molar-refractivity contribution in [3.05, 3.63) is 107 Å². The molecule has 0 saturated carbocycles. The topological polar surface area (TPSA) is 114 Å². The minimum absolute atomic E-state index is 0.0898. The maximum atomic E-state index is 13.1. The van der Waals surface area contributed by atoms with E-state index in [9.17, 15) is 14.7 Å². The summed E-state index contributed by atoms with van der Waals surface area (Å²) in [6, 6.07) is 18.4. The van der Waals surface area contributed by atoms with Gasteiger partial charge < -0.3 is 9.67 Å². The van der Waals surface area contributed by atoms with Crippen molar-refractivity contribution in [2.24, 2.45) is 0 Å². The lowest BCUT2D eigenvalue weighted by molar-refractivity contribution is 0.102. The van der Waals surface area contributed by atoms with Crippen molar-refractivity contribution in [3.8, 4) is 0 Å². The Morgan fingerprint density at radius 2 is 1.81 bits per heavy atom. The molecule has 0 fully saturated rings. The second-order valence-electron chi connectivity index (χ2n) is 7.05. The van der Waals surface area contributed by atoms with Crippen LogP contribution in [0.1, 0.15) is 43.4 Å². The van der Waals surface area contributed by atoms with Crippen LogP contribution in [0.15, 0.2) is 72.9 Å². The molecular formula is C23H19N5O3. The van der Waals surface area contributed by atoms with Gasteiger partial charge in [0.2, 0.25) is 11.6 Å². The molecule has 0 bridgehead atoms. The summed E-state index contributed by atoms with van der Waals surface area (Å²) in [5.41, 5.74) is 3.29. The number of aromatic amines is 1. The highest BCUT2D eigenvalue weighted by atomic mass is 16.3. The molecular weight excluding hydrogens is 394 g/mol. The van der Waals surface area contributed by atoms with Crippen LogP contribution in [0.25, 0.3) is 5.76 Å². The molecule has 2 N–H and O–H groups in total. The number of aliphatic hydroxyl groups is 1. The number of carbonyl (C=O) groups excluding carboxylic acids is 2. The molecule has 0 aliphatic rings. The number of aromatic nitrogens is 5. The first-order chi connectivity index (χ1) is 15.0. The summed E-state index contributed by atoms with van der Waals surface area (Å²) in [4.78, 5) is 25.9. The second kappa shape index (κ2) is 8.58. The smallest absolute Gasteiger partial charge is 0.239 e. The van der Waals surface area contributed by atoms with Crippen molar-refractivity contribution in [2.45, 2.75) is 13.5 Å². The quantitative estimate of drug-likeness (QED) is 0.273. The number of aliphatic hydroxyl groups excluding tert-OH is 1. The van der Waals surface area contributed by atoms with Gasteiger partial charge >= 0.3 is 0 Å². The summed E-state index contributed by atoms with van der Waals surface area (Å²) in [6.45, 7) is 2.42. The summed E-state index contributed by atoms with van der Waals surface area (Å²) in [5, 5.41) is 22.9. The van der Waals surface area contributed by atoms with E-state index in [-0.39, 0.29) is 17.2 Å². The van der Waals surface area contributed by atoms with Crippen LogP contribution < -0.4 is 0 Å². The maximum Gasteiger partial charge on any atom is 0.239 e. The van der Waals surface area contributed by atoms with Gasteiger partial charge in [-0.15, -0.1) is 10.2 Å². The molecule has 0 spiro atoms. The van der Waals surface area contributed by atoms with Gasteiger partial charge in [0.1, 0.15) is 0 Å². The van der Waals surface area contributed by atoms with Crippen LogP contribution in [-0.4, -0.2) is 41.9 Å². The van der Waals surface area contributed by atoms with Crippen molar-refractivity contribution in [1.29, 1.82) is 0 Å². The fourth-order valence-corrected chi connectivity index (χ4v) is 3.14. The van der Waals surface area contributed by atoms with Crippen molar-refractivity contribution < 1.29 is 14.7 Å². The van der Waals surface area contributed by atoms with Crippen LogP contribution in [-0.2, 0) is 6.54 Å². The predicted molar refractivity (Wildman–Crippen MR) is 114 cm³/mol. The van der Waals surface area contributed by atoms with Crippen LogP contribution >= 0.6 is 0 Å². The number of tetrazole rings is 1. The minimum atomic E-state index is -0.480. The van der Waals surface area contributed by atoms with Crippen molar-refractivity contribution in [2.75, 3.05) is 0 Å². The summed E-state index contributed by atoms with van der Waals surface area (Å²) >= 11 is 0. The zero-order chi connectivity index (χ0) is 21.8. The molecule has 4 aromatic rings. The molecule has 0 radical (unpaired) electrons. The van der Waals surface area contributed by atoms with Gasteiger partial charge in [0.05, 0.1) is 5.69 Å². The lowest BCUT2D eigenvalue weighted by atomic mass is 10.1. The van der Waals surface area contributed by atoms with E-state index >= 15 is 0 Å². The lowest BCUT2D eigenvalue weighted by Gasteiger charge is -2.09. The Morgan fingerprint density at radius 3 is 2.48 bits per heavy atom. The summed E-state index contributed by atoms with van der Waals surface area (Å²) < 4.78 is 1.74. The molecule has 0 unspecified atom stereocenters. The fourth-order valence-electron chi connectivity index (χ4n) is 3.14. The van der Waals surface area contributed by atoms with Crippen LogP contribution in [0.4, 0.5) is 0 Å². The highest BCUT2D eigenvalue weighted by Crippen LogP contribution is 2.18. The van der Waals surface area contributed by atoms with E-state index in [0.29, 0.717) is 17.8 Å². The number of allylic oxidation sites excluding steroid dienone is 1. The van der Waals surface area contributed by atoms with E-state index in [2.05, 4.69) is 20.6 Å². The number of H-pyrrole nitrogens is 1. The van der Waals surface area contributed by atoms with Crippen molar-refractivity contribution in [3.63, 3.8) is 0 Å². The Kier molecular flexibility index (Phi) is 5.53. The highest BCUT2D eigenvalue weighted by molar-refractivity contribution is 6.12. The Bertz CT molecular complexity index is 1240. The van der Waals surface area contributed by atoms with Gasteiger partial charge in [0.25, 0.3) is 0 Å². The number of hydrogen-bond donors (Lipinski definition) is 2. The van der Waals surface area contributed by atoms with E-state index in [1.165, 1.54) is 6.07 Å². The summed E-state index contributed by atoms with van der Waals surface area (Å²) in [5.74, 6) is -1.18. The number of nitrogens with zero attached hydrogens (tertiary/aromatic N) is 4. The van der Waals surface area contributed by atoms with Gasteiger partial charge in [-0.1, -0.05) is 60.2 Å². The molecule has 8 heteroatoms. The van der Waals surface area contributed by atoms with Crippen LogP contribution in [0.3, 0.4) is 0 Å². The van der Waals surface area contributed by atoms with Crippen LogP contribution in [0.5, 0.6) is 0 Å². The van der Waals surface area contributed by atoms with Gasteiger partial charge in [-0.2, -0.15) is 5.21 Å². The molecule has 2 aromatic heterocycles. The maximum absolute atomic E-state index is 13.1. The van der Waals surface area contributed by atoms with E-state index in [1.54, 1.807) is 35.0 Å². The highest BCUT2D eigenvalue weighted by Gasteiger charge is 2.19. The third-order valence-corrected chi connectivity index (χ3v) is 4.77. The van der Waals surface area contributed by atoms with Crippen LogP contribution in [0.2, 0.25) is 0 Å². The van der Waals surface area contributed by atoms with Gasteiger partial charge in [-0.25, -0.2) is 0 Å². The average molecular weight is 413 g/mol. The average Bonchev–Trinajstić information content (AvgIpc) is 3.46. The molecule has 154 valence electrons. The molecule has 0 saturated heterocycles. The normalized spacial score (nSPS) is 11.5. The number of hydrogen-bond acceptors (Lipinski definition) is 6. The van der Waals surface area contributed by atoms with E-state index in [4.69, 9.17) is 0 Å². The number of nitrogens with one attached hydrogen (secondary N) is 1. The number of benzene rings is 2. The molecule has 0 aliphatic heterocycles. The Labute approximate surface area is 177 Å². The van der Waals surface area contributed by atoms with E-state index < -0.39 is 11.5 Å². The zero-order valence-corrected chi connectivity index (χ0v) is 16.7. The molecule has 0 aliphatic carbocycles. The Balaban J connectivity index is 1.70. The standard InChI is InChI=1S/C23H19N5O3/c1-15-7-9-16(10-8-15)13-28-14-18(20(29)12-21(30)23-24-26-27-25-23)11-19(28)22(31)17-5-3-2-4-6-17/h2-12,14,30H,13H2,1H3,(H,24,25,26,27). The summed E-state index contributed by atoms with van der Waals surface area (Å²) in [7, 11) is 0. The van der Waals surface area contributed by atoms with Gasteiger partial charge in [0.15, 0.2) is 11.5 Å². The number of ketones is 2. The number of rotatable bonds is 7. The second-order valence-corrected chi connectivity index (χ2v) is 7.05. The SMILES string of the molecule is Cc1ccc(Cn2cc(C(=O)C=C(O)c3nn[nH]n3)cc2C(=O)c2ccccc2)cc1. The van der Waals surface area contributed by atoms with E-state index in [1.807, 2.05) is 37.3 Å². The fraction of sp³-hybridized carbons (Fsp3) is 0.0870.